The Bertz CT molecular complexity index is 3970. The van der Waals surface area contributed by atoms with Gasteiger partial charge in [-0.15, -0.1) is 0 Å². The van der Waals surface area contributed by atoms with Crippen LogP contribution in [-0.2, 0) is 101 Å². The largest absolute Gasteiger partial charge is 0.481 e. The predicted octanol–water partition coefficient (Wildman–Crippen LogP) is -17.5. The maximum Gasteiger partial charge on any atom is 0.407 e. The van der Waals surface area contributed by atoms with E-state index < -0.39 is 347 Å². The molecular formula is C78H132N12O42. The molecule has 0 bridgehead atoms. The molecule has 1 aromatic carbocycles. The Labute approximate surface area is 754 Å². The fraction of sp³-hybridized carbons (Fsp3) is 0.833. The number of nitrogens with two attached hydrogens (primary N) is 8. The van der Waals surface area contributed by atoms with Crippen LogP contribution in [0.3, 0.4) is 0 Å². The molecule has 9 fully saturated rings. The molecular weight excluding hydrogens is 1780 g/mol. The average Bonchev–Trinajstić information content (AvgIpc) is 1.51. The first-order valence-corrected chi connectivity index (χ1v) is 43.3. The van der Waals surface area contributed by atoms with Gasteiger partial charge in [-0.2, -0.15) is 0 Å². The number of hydrogen-bond acceptors (Lipinski definition) is 50. The van der Waals surface area contributed by atoms with Crippen molar-refractivity contribution >= 4 is 34.4 Å². The van der Waals surface area contributed by atoms with Crippen molar-refractivity contribution in [3.63, 3.8) is 0 Å². The molecule has 2 amide bonds. The summed E-state index contributed by atoms with van der Waals surface area (Å²) >= 11 is 0. The number of alkyl carbamates (subject to hydrolysis) is 1. The molecule has 0 radical (unpaired) electrons. The van der Waals surface area contributed by atoms with Gasteiger partial charge in [-0.1, -0.05) is 18.2 Å². The molecule has 54 nitrogen and oxygen atoms in total. The fourth-order valence-corrected chi connectivity index (χ4v) is 18.1. The van der Waals surface area contributed by atoms with Crippen molar-refractivity contribution in [2.75, 3.05) is 93.3 Å². The molecule has 1 aliphatic carbocycles. The Morgan fingerprint density at radius 1 is 0.432 bits per heavy atom. The monoisotopic (exact) mass is 1910 g/mol. The topological polar surface area (TPSA) is 885 Å². The van der Waals surface area contributed by atoms with E-state index in [4.69, 9.17) is 141 Å². The lowest BCUT2D eigenvalue weighted by Crippen LogP contribution is -2.71. The Kier molecular flexibility index (Phi) is 38.4. The van der Waals surface area contributed by atoms with Crippen LogP contribution >= 0.6 is 0 Å². The Morgan fingerprint density at radius 3 is 1.05 bits per heavy atom. The molecule has 0 spiro atoms. The number of nitrogens with one attached hydrogen (secondary N) is 2. The van der Waals surface area contributed by atoms with Crippen molar-refractivity contribution in [3.05, 3.63) is 41.6 Å². The minimum atomic E-state index is -2.04. The number of likely N-dealkylation sites (N-methyl/N-ethyl adjacent to an activating group) is 1. The summed E-state index contributed by atoms with van der Waals surface area (Å²) < 4.78 is 104. The summed E-state index contributed by atoms with van der Waals surface area (Å²) in [5, 5.41) is 227. The van der Waals surface area contributed by atoms with Crippen LogP contribution in [0.25, 0.3) is 16.5 Å². The van der Waals surface area contributed by atoms with Gasteiger partial charge in [-0.3, -0.25) is 14.5 Å². The van der Waals surface area contributed by atoms with Crippen LogP contribution in [0, 0.1) is 5.92 Å². The molecule has 1 aromatic heterocycles. The zero-order valence-electron chi connectivity index (χ0n) is 72.7. The van der Waals surface area contributed by atoms with E-state index in [1.54, 1.807) is 0 Å². The average molecular weight is 1910 g/mol. The summed E-state index contributed by atoms with van der Waals surface area (Å²) in [7, 11) is 3.11. The molecule has 0 unspecified atom stereocenters. The van der Waals surface area contributed by atoms with Crippen molar-refractivity contribution in [2.24, 2.45) is 51.8 Å². The van der Waals surface area contributed by atoms with Crippen LogP contribution in [0.4, 0.5) is 4.79 Å². The van der Waals surface area contributed by atoms with E-state index >= 15 is 0 Å². The molecule has 47 atom stereocenters. The van der Waals surface area contributed by atoms with Crippen molar-refractivity contribution < 1.29 is 207 Å². The summed E-state index contributed by atoms with van der Waals surface area (Å²) in [5.74, 6) is -0.623. The van der Waals surface area contributed by atoms with Crippen LogP contribution in [0.2, 0.25) is 0 Å². The number of carboxylic acid groups (broad SMARTS) is 1. The second kappa shape index (κ2) is 47.2. The van der Waals surface area contributed by atoms with Gasteiger partial charge in [0.25, 0.3) is 5.97 Å². The lowest BCUT2D eigenvalue weighted by atomic mass is 9.79. The third-order valence-electron chi connectivity index (χ3n) is 25.6. The normalized spacial score (nSPS) is 45.3. The molecule has 39 N–H and O–H groups in total. The lowest BCUT2D eigenvalue weighted by molar-refractivity contribution is -0.372. The molecule has 10 aliphatic heterocycles. The van der Waals surface area contributed by atoms with Crippen LogP contribution in [0.5, 0.6) is 0 Å². The number of aromatic amines is 1. The number of benzene rings is 1. The maximum absolute atomic E-state index is 12.9. The molecule has 9 saturated heterocycles. The Balaban J connectivity index is 0.000000506. The molecule has 54 heteroatoms. The highest BCUT2D eigenvalue weighted by Gasteiger charge is 2.60. The number of fused-ring (bicyclic) bond motifs is 2. The molecule has 132 heavy (non-hydrogen) atoms. The standard InChI is InChI=1S/C56H103N9O39.C20H25N3O.C2H4O2/c1-87-56(86)65-28-38(84)46(19(10-74)96-55(28)104-45-18(9-73)95-49(27(64)37(45)83)97-39-12(3-67)88-47(85)20(57)31(39)77)103-54-26(63)36(82)44(17(8-72)94-54)102-53-25(62)35(81)43(16(7-71)93-53)101-52-24(61)34(80)42(15(6-70)92-52)100-51-23(60)33(79)41(14(5-69)91-51)99-50-22(59)32(78)40(13(4-68)90-50)98-48-21(58)30(76)29(75)11(2-66)89-48;1-4-23(5-2)20(24)14-9-16-15-7-6-8-17-19(15)13(11-21-17)10-18(16)22(3)12-14;1-2(3)4/h11-55,66-85H,2-10,57-64H2,1H3,(H,65,86);6-9,11,14,18,21H,4-5,10,12H2,1-3H3;1H3,(H,3,4)/t11-,12-,13-,14-,15-,16-,17-,18-,19-,20-,21-,22-,23-,24-,25-,26-,27-,28-,29-,30-,31-,32-,33-,34-,35-,36-,37-,38-,39-,40-,41-,42-,43-,44-,45-,46-,47-,48+,49+,50+,51+,52+,53+,54+,55+;14-,18-;/m11./s1. The van der Waals surface area contributed by atoms with Gasteiger partial charge in [-0.05, 0) is 50.1 Å². The molecule has 11 aliphatic rings. The number of rotatable bonds is 29. The van der Waals surface area contributed by atoms with E-state index in [2.05, 4.69) is 66.6 Å². The van der Waals surface area contributed by atoms with E-state index in [9.17, 15) is 112 Å². The zero-order chi connectivity index (χ0) is 96.8. The van der Waals surface area contributed by atoms with Crippen LogP contribution in [0.15, 0.2) is 30.5 Å². The van der Waals surface area contributed by atoms with E-state index in [-0.39, 0.29) is 11.8 Å². The quantitative estimate of drug-likeness (QED) is 0.0360. The minimum absolute atomic E-state index is 0.0445. The highest BCUT2D eigenvalue weighted by atomic mass is 16.8. The van der Waals surface area contributed by atoms with Crippen molar-refractivity contribution in [1.29, 1.82) is 0 Å². The second-order valence-electron chi connectivity index (χ2n) is 34.0. The van der Waals surface area contributed by atoms with Gasteiger partial charge >= 0.3 is 6.09 Å². The van der Waals surface area contributed by atoms with Crippen molar-refractivity contribution in [3.8, 4) is 0 Å². The lowest BCUT2D eigenvalue weighted by Gasteiger charge is -2.51. The number of methoxy groups -OCH3 is 1. The molecule has 11 heterocycles. The second-order valence-corrected chi connectivity index (χ2v) is 34.0. The van der Waals surface area contributed by atoms with Gasteiger partial charge < -0.3 is 254 Å². The zero-order valence-corrected chi connectivity index (χ0v) is 72.7. The van der Waals surface area contributed by atoms with Crippen LogP contribution in [0.1, 0.15) is 31.9 Å². The number of carboxylic acids is 1. The Hall–Kier alpha value is -5.13. The Morgan fingerprint density at radius 2 is 0.727 bits per heavy atom. The summed E-state index contributed by atoms with van der Waals surface area (Å²) in [5.41, 5.74) is 55.4. The van der Waals surface area contributed by atoms with Gasteiger partial charge in [0.15, 0.2) is 56.6 Å². The number of carbonyl (C=O) groups is 3. The molecule has 13 rings (SSSR count). The van der Waals surface area contributed by atoms with Gasteiger partial charge in [0.2, 0.25) is 5.91 Å². The first kappa shape index (κ1) is 107. The van der Waals surface area contributed by atoms with E-state index in [0.29, 0.717) is 6.04 Å². The van der Waals surface area contributed by atoms with E-state index in [0.717, 1.165) is 40.1 Å². The molecule has 0 saturated carbocycles. The number of ether oxygens (including phenoxy) is 18. The minimum Gasteiger partial charge on any atom is -0.481 e. The predicted molar refractivity (Wildman–Crippen MR) is 437 cm³/mol. The number of aliphatic hydroxyl groups is 20. The molecule has 756 valence electrons. The van der Waals surface area contributed by atoms with Crippen LogP contribution < -0.4 is 51.2 Å². The first-order valence-electron chi connectivity index (χ1n) is 43.3. The summed E-state index contributed by atoms with van der Waals surface area (Å²) in [4.78, 5) is 42.4. The van der Waals surface area contributed by atoms with Gasteiger partial charge in [0.05, 0.1) is 121 Å². The van der Waals surface area contributed by atoms with E-state index in [1.807, 2.05) is 4.90 Å². The van der Waals surface area contributed by atoms with Gasteiger partial charge in [0, 0.05) is 49.7 Å². The summed E-state index contributed by atoms with van der Waals surface area (Å²) in [6.45, 7) is -0.695. The molecule has 2 aromatic rings. The third-order valence-corrected chi connectivity index (χ3v) is 25.6. The highest BCUT2D eigenvalue weighted by molar-refractivity contribution is 5.99. The summed E-state index contributed by atoms with van der Waals surface area (Å²) in [6, 6.07) is -7.75. The highest BCUT2D eigenvalue weighted by Crippen LogP contribution is 2.43. The number of aromatic nitrogens is 1. The maximum atomic E-state index is 12.9. The van der Waals surface area contributed by atoms with Gasteiger partial charge in [0.1, 0.15) is 171 Å². The number of H-pyrrole nitrogens is 1. The van der Waals surface area contributed by atoms with Crippen molar-refractivity contribution in [1.82, 2.24) is 20.1 Å². The summed E-state index contributed by atoms with van der Waals surface area (Å²) in [6.07, 6.45) is -57.2. The third kappa shape index (κ3) is 22.8. The van der Waals surface area contributed by atoms with Crippen molar-refractivity contribution in [2.45, 2.75) is 309 Å². The smallest absolute Gasteiger partial charge is 0.407 e. The first-order chi connectivity index (χ1) is 62.8. The van der Waals surface area contributed by atoms with Gasteiger partial charge in [-0.25, -0.2) is 4.79 Å². The number of hydrogen-bond donors (Lipinski definition) is 31. The number of nitrogens with zero attached hydrogens (tertiary/aromatic N) is 2. The fourth-order valence-electron chi connectivity index (χ4n) is 18.1. The number of aliphatic carboxylic acids is 1. The number of aliphatic hydroxyl groups excluding tert-OH is 20. The SMILES string of the molecule is CC(=O)O.CCN(CC)C(=O)[C@@H]1C=C2c3cccc4[nH]cc(c34)C[C@H]2N(C)C1.COC(=O)N[C@H]1[C@H](O[C@H]2[C@H](O)[C@@H](N)[C@H](O[C@H]3[C@H](O)[C@@H](N)[C@H](O)O[C@@H]3CO)O[C@@H]2CO)O[C@H](CO)[C@@H](O[C@@H]2O[C@H](CO)[C@@H](O[C@@H]3O[C@H](CO)[C@@H](O[C@@H]4O[C@H](CO)[C@@H](O[C@@H]5O[C@H](CO)[C@@H](O[C@@H]6O[C@H](CO)[C@@H](O[C@@H]7O[C@H](CO)[C@@H](O)[C@H](O)[C@H]7N)[C@H](O)[C@H]6N)[C@H](O)[C@H]5N)[C@H](O)[C@H]4N)[C@H](O)[C@H]3N)[C@H](O)[C@H]2N)[C@@H]1O. The number of carbonyl (C=O) groups excluding carboxylic acids is 2. The van der Waals surface area contributed by atoms with E-state index in [1.165, 1.54) is 27.6 Å². The van der Waals surface area contributed by atoms with Crippen LogP contribution in [-0.4, -0.2) is 515 Å². The number of amides is 2.